The fourth-order valence-corrected chi connectivity index (χ4v) is 6.23. The standard InChI is InChI=1S/C27H37N3O6S/c1-27(2)23-14-11-20(36-3)17-22(23)24(31)30(25(27)32)16-15-18-9-12-21(13-10-18)37(34,35)29-26(33)28-19-7-5-4-6-8-19/h9-14,17,19,24-25,31-32H,4-8,15-16H2,1-3H3,(H2,28,29,33). The van der Waals surface area contributed by atoms with Crippen LogP contribution in [0.3, 0.4) is 0 Å². The first-order valence-corrected chi connectivity index (χ1v) is 14.2. The molecule has 1 saturated carbocycles. The molecule has 1 heterocycles. The van der Waals surface area contributed by atoms with Crippen LogP contribution in [0.5, 0.6) is 5.75 Å². The molecule has 2 aromatic rings. The molecule has 10 heteroatoms. The third-order valence-corrected chi connectivity index (χ3v) is 8.91. The summed E-state index contributed by atoms with van der Waals surface area (Å²) in [6, 6.07) is 11.1. The fourth-order valence-electron chi connectivity index (χ4n) is 5.32. The third kappa shape index (κ3) is 5.93. The summed E-state index contributed by atoms with van der Waals surface area (Å²) < 4.78 is 32.8. The van der Waals surface area contributed by atoms with Crippen LogP contribution < -0.4 is 14.8 Å². The zero-order valence-electron chi connectivity index (χ0n) is 21.6. The molecular weight excluding hydrogens is 494 g/mol. The Kier molecular flexibility index (Phi) is 8.13. The number of sulfonamides is 1. The van der Waals surface area contributed by atoms with Gasteiger partial charge in [-0.1, -0.05) is 51.3 Å². The lowest BCUT2D eigenvalue weighted by molar-refractivity contribution is -0.144. The quantitative estimate of drug-likeness (QED) is 0.432. The molecule has 4 N–H and O–H groups in total. The molecule has 0 bridgehead atoms. The van der Waals surface area contributed by atoms with Crippen LogP contribution in [0.2, 0.25) is 0 Å². The highest BCUT2D eigenvalue weighted by Gasteiger charge is 2.44. The van der Waals surface area contributed by atoms with Gasteiger partial charge in [-0.15, -0.1) is 0 Å². The first-order valence-electron chi connectivity index (χ1n) is 12.8. The molecule has 0 spiro atoms. The predicted octanol–water partition coefficient (Wildman–Crippen LogP) is 3.16. The zero-order valence-corrected chi connectivity index (χ0v) is 22.4. The Morgan fingerprint density at radius 2 is 1.76 bits per heavy atom. The first kappa shape index (κ1) is 27.4. The van der Waals surface area contributed by atoms with E-state index in [0.29, 0.717) is 24.3 Å². The molecule has 2 aromatic carbocycles. The number of nitrogens with zero attached hydrogens (tertiary/aromatic N) is 1. The van der Waals surface area contributed by atoms with Crippen molar-refractivity contribution in [3.05, 3.63) is 59.2 Å². The molecule has 2 aliphatic rings. The number of fused-ring (bicyclic) bond motifs is 1. The van der Waals surface area contributed by atoms with E-state index in [1.165, 1.54) is 12.1 Å². The van der Waals surface area contributed by atoms with Crippen molar-refractivity contribution in [3.8, 4) is 5.75 Å². The van der Waals surface area contributed by atoms with Gasteiger partial charge in [-0.3, -0.25) is 0 Å². The highest BCUT2D eigenvalue weighted by Crippen LogP contribution is 2.43. The summed E-state index contributed by atoms with van der Waals surface area (Å²) in [5.74, 6) is 0.628. The lowest BCUT2D eigenvalue weighted by Gasteiger charge is -2.47. The van der Waals surface area contributed by atoms with Gasteiger partial charge in [-0.25, -0.2) is 22.8 Å². The van der Waals surface area contributed by atoms with Gasteiger partial charge in [-0.05, 0) is 54.7 Å². The molecule has 1 aliphatic carbocycles. The van der Waals surface area contributed by atoms with Crippen molar-refractivity contribution in [1.82, 2.24) is 14.9 Å². The number of amides is 2. The van der Waals surface area contributed by atoms with Gasteiger partial charge in [0, 0.05) is 23.6 Å². The number of carbonyl (C=O) groups excluding carboxylic acids is 1. The monoisotopic (exact) mass is 531 g/mol. The van der Waals surface area contributed by atoms with Gasteiger partial charge in [0.05, 0.1) is 12.0 Å². The Balaban J connectivity index is 1.40. The number of aliphatic hydroxyl groups excluding tert-OH is 2. The summed E-state index contributed by atoms with van der Waals surface area (Å²) in [4.78, 5) is 13.8. The average molecular weight is 532 g/mol. The van der Waals surface area contributed by atoms with Crippen LogP contribution in [0, 0.1) is 0 Å². The summed E-state index contributed by atoms with van der Waals surface area (Å²) >= 11 is 0. The van der Waals surface area contributed by atoms with Gasteiger partial charge in [0.1, 0.15) is 18.2 Å². The van der Waals surface area contributed by atoms with E-state index >= 15 is 0 Å². The minimum Gasteiger partial charge on any atom is -0.497 e. The zero-order chi connectivity index (χ0) is 26.8. The minimum absolute atomic E-state index is 0.00441. The predicted molar refractivity (Wildman–Crippen MR) is 140 cm³/mol. The molecule has 2 atom stereocenters. The van der Waals surface area contributed by atoms with Crippen molar-refractivity contribution in [2.45, 2.75) is 81.2 Å². The number of urea groups is 1. The number of hydrogen-bond donors (Lipinski definition) is 4. The second-order valence-electron chi connectivity index (χ2n) is 10.5. The summed E-state index contributed by atoms with van der Waals surface area (Å²) in [6.07, 6.45) is 3.46. The van der Waals surface area contributed by atoms with Crippen molar-refractivity contribution >= 4 is 16.1 Å². The van der Waals surface area contributed by atoms with Gasteiger partial charge >= 0.3 is 6.03 Å². The van der Waals surface area contributed by atoms with E-state index < -0.39 is 33.9 Å². The topological polar surface area (TPSA) is 128 Å². The number of hydrogen-bond acceptors (Lipinski definition) is 7. The van der Waals surface area contributed by atoms with Crippen molar-refractivity contribution in [3.63, 3.8) is 0 Å². The third-order valence-electron chi connectivity index (χ3n) is 7.56. The Bertz CT molecular complexity index is 1210. The Morgan fingerprint density at radius 3 is 2.41 bits per heavy atom. The Labute approximate surface area is 218 Å². The largest absolute Gasteiger partial charge is 0.497 e. The van der Waals surface area contributed by atoms with Crippen LogP contribution in [0.1, 0.15) is 68.9 Å². The second-order valence-corrected chi connectivity index (χ2v) is 12.2. The molecule has 0 radical (unpaired) electrons. The molecule has 9 nitrogen and oxygen atoms in total. The molecule has 1 aliphatic heterocycles. The summed E-state index contributed by atoms with van der Waals surface area (Å²) in [6.45, 7) is 4.20. The maximum atomic E-state index is 12.7. The van der Waals surface area contributed by atoms with Crippen LogP contribution >= 0.6 is 0 Å². The smallest absolute Gasteiger partial charge is 0.328 e. The van der Waals surface area contributed by atoms with Gasteiger partial charge in [0.2, 0.25) is 0 Å². The van der Waals surface area contributed by atoms with E-state index in [-0.39, 0.29) is 10.9 Å². The Morgan fingerprint density at radius 1 is 1.08 bits per heavy atom. The van der Waals surface area contributed by atoms with E-state index in [0.717, 1.165) is 43.2 Å². The van der Waals surface area contributed by atoms with Crippen molar-refractivity contribution in [2.24, 2.45) is 0 Å². The second kappa shape index (κ2) is 11.0. The fraction of sp³-hybridized carbons (Fsp3) is 0.519. The van der Waals surface area contributed by atoms with Gasteiger partial charge in [-0.2, -0.15) is 0 Å². The van der Waals surface area contributed by atoms with Gasteiger partial charge < -0.3 is 20.3 Å². The van der Waals surface area contributed by atoms with Gasteiger partial charge in [0.15, 0.2) is 0 Å². The number of ether oxygens (including phenoxy) is 1. The summed E-state index contributed by atoms with van der Waals surface area (Å²) in [7, 11) is -2.43. The van der Waals surface area contributed by atoms with Crippen molar-refractivity contribution in [2.75, 3.05) is 13.7 Å². The number of methoxy groups -OCH3 is 1. The number of carbonyl (C=O) groups is 1. The molecule has 2 amide bonds. The van der Waals surface area contributed by atoms with E-state index in [1.54, 1.807) is 30.2 Å². The van der Waals surface area contributed by atoms with Crippen LogP contribution in [0.25, 0.3) is 0 Å². The Hall–Kier alpha value is -2.66. The molecule has 0 aromatic heterocycles. The average Bonchev–Trinajstić information content (AvgIpc) is 2.88. The van der Waals surface area contributed by atoms with E-state index in [2.05, 4.69) is 10.0 Å². The maximum Gasteiger partial charge on any atom is 0.328 e. The number of rotatable bonds is 7. The minimum atomic E-state index is -4.00. The molecule has 0 saturated heterocycles. The lowest BCUT2D eigenvalue weighted by Crippen LogP contribution is -2.54. The van der Waals surface area contributed by atoms with E-state index in [4.69, 9.17) is 4.74 Å². The van der Waals surface area contributed by atoms with E-state index in [9.17, 15) is 23.4 Å². The molecule has 1 fully saturated rings. The first-order chi connectivity index (χ1) is 17.5. The number of benzene rings is 2. The number of nitrogens with one attached hydrogen (secondary N) is 2. The molecule has 2 unspecified atom stereocenters. The molecule has 202 valence electrons. The van der Waals surface area contributed by atoms with Crippen LogP contribution in [-0.2, 0) is 21.9 Å². The maximum absolute atomic E-state index is 12.7. The highest BCUT2D eigenvalue weighted by atomic mass is 32.2. The van der Waals surface area contributed by atoms with Crippen molar-refractivity contribution in [1.29, 1.82) is 0 Å². The summed E-state index contributed by atoms with van der Waals surface area (Å²) in [5.41, 5.74) is 1.76. The molecular formula is C27H37N3O6S. The normalized spacial score (nSPS) is 22.2. The SMILES string of the molecule is COc1ccc2c(c1)C(O)N(CCc1ccc(S(=O)(=O)NC(=O)NC3CCCCC3)cc1)C(O)C2(C)C. The number of aliphatic hydroxyl groups is 2. The van der Waals surface area contributed by atoms with Gasteiger partial charge in [0.25, 0.3) is 10.0 Å². The van der Waals surface area contributed by atoms with Crippen LogP contribution in [-0.4, -0.2) is 55.5 Å². The van der Waals surface area contributed by atoms with Crippen LogP contribution in [0.15, 0.2) is 47.4 Å². The van der Waals surface area contributed by atoms with E-state index in [1.807, 2.05) is 26.0 Å². The summed E-state index contributed by atoms with van der Waals surface area (Å²) in [5, 5.41) is 24.9. The highest BCUT2D eigenvalue weighted by molar-refractivity contribution is 7.90. The lowest BCUT2D eigenvalue weighted by atomic mass is 9.76. The van der Waals surface area contributed by atoms with Crippen molar-refractivity contribution < 1.29 is 28.2 Å². The van der Waals surface area contributed by atoms with Crippen LogP contribution in [0.4, 0.5) is 4.79 Å². The molecule has 37 heavy (non-hydrogen) atoms. The molecule has 4 rings (SSSR count).